The largest absolute Gasteiger partial charge is 0.508 e. The van der Waals surface area contributed by atoms with Gasteiger partial charge in [-0.05, 0) is 35.4 Å². The van der Waals surface area contributed by atoms with Crippen molar-refractivity contribution >= 4 is 33.2 Å². The molecule has 2 aromatic rings. The van der Waals surface area contributed by atoms with Gasteiger partial charge in [0.05, 0.1) is 11.6 Å². The minimum Gasteiger partial charge on any atom is -0.508 e. The van der Waals surface area contributed by atoms with Crippen LogP contribution in [-0.4, -0.2) is 29.8 Å². The summed E-state index contributed by atoms with van der Waals surface area (Å²) >= 11 is 5.52. The lowest BCUT2D eigenvalue weighted by Crippen LogP contribution is -2.12. The maximum Gasteiger partial charge on any atom is 0.296 e. The molecule has 0 atom stereocenters. The van der Waals surface area contributed by atoms with E-state index >= 15 is 0 Å². The van der Waals surface area contributed by atoms with Crippen molar-refractivity contribution in [3.63, 3.8) is 0 Å². The molecule has 2 aromatic carbocycles. The highest BCUT2D eigenvalue weighted by Crippen LogP contribution is 2.31. The van der Waals surface area contributed by atoms with Crippen molar-refractivity contribution in [1.29, 1.82) is 0 Å². The normalized spacial score (nSPS) is 12.4. The number of phenolic OH excluding ortho intramolecular Hbond substituents is 1. The number of alkyl halides is 1. The third-order valence-electron chi connectivity index (χ3n) is 2.84. The van der Waals surface area contributed by atoms with E-state index in [1.54, 1.807) is 18.2 Å². The Morgan fingerprint density at radius 3 is 2.27 bits per heavy atom. The van der Waals surface area contributed by atoms with E-state index < -0.39 is 10.1 Å². The second-order valence-corrected chi connectivity index (χ2v) is 6.10. The first-order chi connectivity index (χ1) is 10.3. The van der Waals surface area contributed by atoms with Gasteiger partial charge in [-0.1, -0.05) is 18.2 Å². The van der Waals surface area contributed by atoms with Gasteiger partial charge < -0.3 is 10.8 Å². The monoisotopic (exact) mass is 340 g/mol. The van der Waals surface area contributed by atoms with E-state index in [1.165, 1.54) is 24.3 Å². The second-order valence-electron chi connectivity index (χ2n) is 4.44. The average molecular weight is 341 g/mol. The van der Waals surface area contributed by atoms with Gasteiger partial charge in [0.15, 0.2) is 0 Å². The van der Waals surface area contributed by atoms with Crippen LogP contribution in [0.3, 0.4) is 0 Å². The molecule has 0 amide bonds. The molecule has 2 rings (SSSR count). The van der Waals surface area contributed by atoms with Gasteiger partial charge in [-0.15, -0.1) is 11.6 Å². The lowest BCUT2D eigenvalue weighted by molar-refractivity contribution is 0.475. The molecule has 0 saturated carbocycles. The zero-order valence-electron chi connectivity index (χ0n) is 11.3. The van der Waals surface area contributed by atoms with Gasteiger partial charge in [-0.3, -0.25) is 4.55 Å². The molecular weight excluding hydrogens is 328 g/mol. The van der Waals surface area contributed by atoms with Gasteiger partial charge in [-0.2, -0.15) is 8.42 Å². The number of nitrogens with zero attached hydrogens (tertiary/aromatic N) is 1. The molecule has 4 N–H and O–H groups in total. The van der Waals surface area contributed by atoms with E-state index in [2.05, 4.69) is 4.99 Å². The van der Waals surface area contributed by atoms with Gasteiger partial charge in [-0.25, -0.2) is 4.99 Å². The van der Waals surface area contributed by atoms with Crippen LogP contribution in [0.2, 0.25) is 0 Å². The molecule has 8 heteroatoms. The predicted octanol–water partition coefficient (Wildman–Crippen LogP) is 2.53. The lowest BCUT2D eigenvalue weighted by Gasteiger charge is -2.08. The molecule has 0 aromatic heterocycles. The fraction of sp³-hybridized carbons (Fsp3) is 0.0714. The first kappa shape index (κ1) is 16.3. The number of aliphatic imine (C=N–C) groups is 1. The van der Waals surface area contributed by atoms with Crippen LogP contribution in [0.15, 0.2) is 52.4 Å². The first-order valence-corrected chi connectivity index (χ1v) is 8.08. The van der Waals surface area contributed by atoms with E-state index in [-0.39, 0.29) is 28.0 Å². The molecule has 6 nitrogen and oxygen atoms in total. The van der Waals surface area contributed by atoms with Crippen molar-refractivity contribution in [3.8, 4) is 16.9 Å². The molecule has 0 unspecified atom stereocenters. The fourth-order valence-corrected chi connectivity index (χ4v) is 2.54. The van der Waals surface area contributed by atoms with Crippen molar-refractivity contribution in [2.24, 2.45) is 10.7 Å². The molecule has 116 valence electrons. The number of hydrogen-bond acceptors (Lipinski definition) is 4. The molecule has 0 radical (unpaired) electrons. The lowest BCUT2D eigenvalue weighted by atomic mass is 10.1. The van der Waals surface area contributed by atoms with Crippen LogP contribution >= 0.6 is 11.6 Å². The second kappa shape index (κ2) is 6.35. The molecule has 0 bridgehead atoms. The summed E-state index contributed by atoms with van der Waals surface area (Å²) in [6, 6.07) is 10.5. The summed E-state index contributed by atoms with van der Waals surface area (Å²) in [6.45, 7) is 0. The average Bonchev–Trinajstić information content (AvgIpc) is 2.47. The van der Waals surface area contributed by atoms with Crippen LogP contribution in [0.1, 0.15) is 0 Å². The molecular formula is C14H13ClN2O4S. The topological polar surface area (TPSA) is 113 Å². The Bertz CT molecular complexity index is 817. The summed E-state index contributed by atoms with van der Waals surface area (Å²) in [4.78, 5) is 3.51. The van der Waals surface area contributed by atoms with Crippen LogP contribution in [0.5, 0.6) is 5.75 Å². The molecule has 0 saturated heterocycles. The van der Waals surface area contributed by atoms with Gasteiger partial charge in [0.1, 0.15) is 16.5 Å². The van der Waals surface area contributed by atoms with Crippen molar-refractivity contribution in [1.82, 2.24) is 0 Å². The highest BCUT2D eigenvalue weighted by atomic mass is 35.5. The van der Waals surface area contributed by atoms with Crippen molar-refractivity contribution < 1.29 is 18.1 Å². The summed E-state index contributed by atoms with van der Waals surface area (Å²) in [5.74, 6) is 0.0590. The maximum atomic E-state index is 11.5. The Kier molecular flexibility index (Phi) is 4.70. The van der Waals surface area contributed by atoms with Crippen LogP contribution < -0.4 is 5.73 Å². The van der Waals surface area contributed by atoms with E-state index in [0.29, 0.717) is 11.1 Å². The highest BCUT2D eigenvalue weighted by Gasteiger charge is 2.17. The third-order valence-corrected chi connectivity index (χ3v) is 4.00. The van der Waals surface area contributed by atoms with E-state index in [0.717, 1.165) is 0 Å². The van der Waals surface area contributed by atoms with E-state index in [9.17, 15) is 18.1 Å². The minimum absolute atomic E-state index is 0.00294. The van der Waals surface area contributed by atoms with Crippen LogP contribution in [-0.2, 0) is 10.1 Å². The number of phenols is 1. The van der Waals surface area contributed by atoms with Crippen molar-refractivity contribution in [3.05, 3.63) is 42.5 Å². The fourth-order valence-electron chi connectivity index (χ4n) is 1.83. The smallest absolute Gasteiger partial charge is 0.296 e. The molecule has 0 aliphatic rings. The molecule has 0 heterocycles. The molecule has 0 aliphatic heterocycles. The summed E-state index contributed by atoms with van der Waals surface area (Å²) in [6.07, 6.45) is 0. The summed E-state index contributed by atoms with van der Waals surface area (Å²) in [5, 5.41) is 9.28. The van der Waals surface area contributed by atoms with Gasteiger partial charge >= 0.3 is 0 Å². The Hall–Kier alpha value is -2.09. The van der Waals surface area contributed by atoms with Crippen molar-refractivity contribution in [2.75, 3.05) is 5.88 Å². The molecule has 0 fully saturated rings. The van der Waals surface area contributed by atoms with E-state index in [1.807, 2.05) is 0 Å². The Morgan fingerprint density at radius 1 is 1.14 bits per heavy atom. The van der Waals surface area contributed by atoms with E-state index in [4.69, 9.17) is 17.3 Å². The molecule has 0 aliphatic carbocycles. The number of benzene rings is 2. The first-order valence-electron chi connectivity index (χ1n) is 6.11. The number of halogens is 1. The van der Waals surface area contributed by atoms with Crippen LogP contribution in [0.4, 0.5) is 5.69 Å². The standard InChI is InChI=1S/C14H13ClN2O4S/c15-8-14(16)17-12-6-3-10(7-13(12)22(19,20)21)9-1-4-11(18)5-2-9/h1-7,18H,8H2,(H2,16,17)(H,19,20,21). The van der Waals surface area contributed by atoms with Gasteiger partial charge in [0, 0.05) is 0 Å². The van der Waals surface area contributed by atoms with Gasteiger partial charge in [0.25, 0.3) is 10.1 Å². The molecule has 0 spiro atoms. The zero-order valence-corrected chi connectivity index (χ0v) is 12.8. The Morgan fingerprint density at radius 2 is 1.73 bits per heavy atom. The Labute approximate surface area is 132 Å². The zero-order chi connectivity index (χ0) is 16.3. The summed E-state index contributed by atoms with van der Waals surface area (Å²) in [5.41, 5.74) is 6.71. The predicted molar refractivity (Wildman–Crippen MR) is 85.4 cm³/mol. The quantitative estimate of drug-likeness (QED) is 0.342. The molecule has 22 heavy (non-hydrogen) atoms. The van der Waals surface area contributed by atoms with Crippen LogP contribution in [0, 0.1) is 0 Å². The Balaban J connectivity index is 2.60. The summed E-state index contributed by atoms with van der Waals surface area (Å²) < 4.78 is 32.4. The maximum absolute atomic E-state index is 11.5. The van der Waals surface area contributed by atoms with Crippen molar-refractivity contribution in [2.45, 2.75) is 4.90 Å². The number of rotatable bonds is 4. The number of nitrogens with two attached hydrogens (primary N) is 1. The van der Waals surface area contributed by atoms with Crippen LogP contribution in [0.25, 0.3) is 11.1 Å². The third kappa shape index (κ3) is 3.76. The SMILES string of the molecule is NC(CCl)=Nc1ccc(-c2ccc(O)cc2)cc1S(=O)(=O)O. The number of aromatic hydroxyl groups is 1. The van der Waals surface area contributed by atoms with Gasteiger partial charge in [0.2, 0.25) is 0 Å². The number of hydrogen-bond donors (Lipinski definition) is 3. The minimum atomic E-state index is -4.48. The number of amidine groups is 1. The highest BCUT2D eigenvalue weighted by molar-refractivity contribution is 7.86. The summed E-state index contributed by atoms with van der Waals surface area (Å²) in [7, 11) is -4.48.